The van der Waals surface area contributed by atoms with Crippen molar-refractivity contribution in [3.8, 4) is 45.5 Å². The van der Waals surface area contributed by atoms with Crippen molar-refractivity contribution >= 4 is 23.7 Å². The lowest BCUT2D eigenvalue weighted by Gasteiger charge is -2.29. The van der Waals surface area contributed by atoms with Crippen LogP contribution in [0.4, 0.5) is 0 Å². The largest absolute Gasteiger partial charge is 0.496 e. The van der Waals surface area contributed by atoms with E-state index in [0.717, 1.165) is 132 Å². The maximum absolute atomic E-state index is 13.7. The number of esters is 1. The molecule has 3 aliphatic carbocycles. The van der Waals surface area contributed by atoms with Crippen LogP contribution in [0.15, 0.2) is 65.4 Å². The van der Waals surface area contributed by atoms with Gasteiger partial charge in [0.05, 0.1) is 82.2 Å². The molecule has 3 amide bonds. The van der Waals surface area contributed by atoms with Gasteiger partial charge in [0, 0.05) is 31.6 Å². The van der Waals surface area contributed by atoms with E-state index in [2.05, 4.69) is 30.7 Å². The topological polar surface area (TPSA) is 219 Å². The Morgan fingerprint density at radius 2 is 1.04 bits per heavy atom. The van der Waals surface area contributed by atoms with Gasteiger partial charge in [0.15, 0.2) is 11.4 Å². The monoisotopic (exact) mass is 1130 g/mol. The molecule has 10 rings (SSSR count). The van der Waals surface area contributed by atoms with Gasteiger partial charge in [-0.2, -0.15) is 10.2 Å². The third-order valence-electron chi connectivity index (χ3n) is 16.9. The molecule has 2 aromatic carbocycles. The summed E-state index contributed by atoms with van der Waals surface area (Å²) in [4.78, 5) is 62.0. The predicted molar refractivity (Wildman–Crippen MR) is 310 cm³/mol. The first-order valence-electron chi connectivity index (χ1n) is 30.1. The SMILES string of the molecule is COc1cccc(OC)c1-c1cc(C(=O)N[C@@H](CCN2CCCCC2)CC(=O)NCc2ncco2)nn1C1CCCC1.COc1cccc(OC)c1-c1cc(C(=O)N[C@@H](CCN2CCCCC2)CC(=O)OC2CCC2)nn1C1CCCC1. The average molecular weight is 1130 g/mol. The van der Waals surface area contributed by atoms with Crippen molar-refractivity contribution in [1.29, 1.82) is 0 Å². The molecule has 5 aromatic rings. The molecule has 2 aliphatic heterocycles. The number of benzene rings is 2. The fourth-order valence-electron chi connectivity index (χ4n) is 12.2. The Bertz CT molecular complexity index is 2800. The molecule has 20 heteroatoms. The maximum atomic E-state index is 13.7. The second-order valence-corrected chi connectivity index (χ2v) is 22.5. The minimum Gasteiger partial charge on any atom is -0.496 e. The van der Waals surface area contributed by atoms with Crippen LogP contribution in [-0.2, 0) is 20.9 Å². The summed E-state index contributed by atoms with van der Waals surface area (Å²) in [7, 11) is 6.53. The lowest BCUT2D eigenvalue weighted by Crippen LogP contribution is -2.42. The molecule has 5 heterocycles. The van der Waals surface area contributed by atoms with Gasteiger partial charge >= 0.3 is 5.97 Å². The zero-order valence-corrected chi connectivity index (χ0v) is 48.7. The van der Waals surface area contributed by atoms with E-state index in [1.807, 2.05) is 57.9 Å². The third kappa shape index (κ3) is 15.8. The van der Waals surface area contributed by atoms with Gasteiger partial charge in [-0.3, -0.25) is 28.5 Å². The molecule has 20 nitrogen and oxygen atoms in total. The Kier molecular flexibility index (Phi) is 21.7. The van der Waals surface area contributed by atoms with E-state index in [0.29, 0.717) is 53.1 Å². The summed E-state index contributed by atoms with van der Waals surface area (Å²) in [5, 5.41) is 18.8. The molecular weight excluding hydrogens is 1040 g/mol. The van der Waals surface area contributed by atoms with Crippen molar-refractivity contribution in [2.45, 2.75) is 172 Å². The molecule has 2 saturated heterocycles. The van der Waals surface area contributed by atoms with Crippen molar-refractivity contribution in [2.75, 3.05) is 67.7 Å². The standard InChI is InChI=1S/C31H42N6O5.C31H44N4O5/c1-40-26-11-8-12-27(41-2)30(26)25-20-24(35-37(25)23-9-4-5-10-23)31(39)34-22(13-17-36-15-6-3-7-16-36)19-28(38)33-21-29-32-14-18-42-29;1-38-27-14-9-15-28(39-2)30(27)26-21-25(33-35(26)23-10-4-5-11-23)31(37)32-22(16-19-34-17-6-3-7-18-34)20-29(36)40-24-12-8-13-24/h8,11-12,14,18,20,22-23H,3-7,9-10,13,15-17,19,21H2,1-2H3,(H,33,38)(H,34,39);9,14-15,21-24H,3-8,10-13,16-20H2,1-2H3,(H,32,37)/t2*22-/m00/s1. The molecule has 82 heavy (non-hydrogen) atoms. The van der Waals surface area contributed by atoms with Crippen molar-refractivity contribution in [1.82, 2.24) is 50.3 Å². The zero-order chi connectivity index (χ0) is 57.2. The van der Waals surface area contributed by atoms with Gasteiger partial charge in [-0.15, -0.1) is 0 Å². The number of carbonyl (C=O) groups is 4. The number of nitrogens with zero attached hydrogens (tertiary/aromatic N) is 7. The van der Waals surface area contributed by atoms with Crippen LogP contribution < -0.4 is 34.9 Å². The first kappa shape index (κ1) is 59.7. The van der Waals surface area contributed by atoms with Gasteiger partial charge in [0.25, 0.3) is 11.8 Å². The van der Waals surface area contributed by atoms with E-state index in [1.165, 1.54) is 44.8 Å². The molecule has 0 bridgehead atoms. The van der Waals surface area contributed by atoms with Crippen LogP contribution >= 0.6 is 0 Å². The number of oxazole rings is 1. The highest BCUT2D eigenvalue weighted by molar-refractivity contribution is 5.95. The zero-order valence-electron chi connectivity index (χ0n) is 48.7. The normalized spacial score (nSPS) is 17.9. The van der Waals surface area contributed by atoms with Crippen molar-refractivity contribution in [2.24, 2.45) is 0 Å². The minimum absolute atomic E-state index is 0.0337. The summed E-state index contributed by atoms with van der Waals surface area (Å²) in [6.45, 7) is 6.11. The number of ether oxygens (including phenoxy) is 5. The first-order chi connectivity index (χ1) is 40.1. The molecule has 5 fully saturated rings. The van der Waals surface area contributed by atoms with E-state index >= 15 is 0 Å². The lowest BCUT2D eigenvalue weighted by atomic mass is 9.96. The minimum atomic E-state index is -0.357. The van der Waals surface area contributed by atoms with Crippen molar-refractivity contribution in [3.63, 3.8) is 0 Å². The molecule has 0 unspecified atom stereocenters. The summed E-state index contributed by atoms with van der Waals surface area (Å²) < 4.78 is 37.6. The number of methoxy groups -OCH3 is 4. The number of piperidine rings is 2. The van der Waals surface area contributed by atoms with Crippen LogP contribution in [0, 0.1) is 0 Å². The average Bonchev–Trinajstić information content (AvgIpc) is 4.50. The number of amides is 3. The highest BCUT2D eigenvalue weighted by Crippen LogP contribution is 2.44. The van der Waals surface area contributed by atoms with E-state index in [-0.39, 0.29) is 73.3 Å². The number of likely N-dealkylation sites (tertiary alicyclic amines) is 2. The first-order valence-corrected chi connectivity index (χ1v) is 30.1. The quantitative estimate of drug-likeness (QED) is 0.0464. The second kappa shape index (κ2) is 29.9. The van der Waals surface area contributed by atoms with Gasteiger partial charge in [-0.1, -0.05) is 50.7 Å². The van der Waals surface area contributed by atoms with Gasteiger partial charge in [0.1, 0.15) is 35.4 Å². The van der Waals surface area contributed by atoms with E-state index < -0.39 is 0 Å². The van der Waals surface area contributed by atoms with E-state index in [1.54, 1.807) is 34.6 Å². The van der Waals surface area contributed by atoms with Gasteiger partial charge < -0.3 is 53.9 Å². The number of rotatable bonds is 25. The Balaban J connectivity index is 0.000000198. The Hall–Kier alpha value is -6.93. The van der Waals surface area contributed by atoms with E-state index in [9.17, 15) is 19.2 Å². The number of carbonyl (C=O) groups excluding carboxylic acids is 4. The van der Waals surface area contributed by atoms with Crippen LogP contribution in [0.1, 0.15) is 174 Å². The molecule has 3 aromatic heterocycles. The van der Waals surface area contributed by atoms with Gasteiger partial charge in [0.2, 0.25) is 11.8 Å². The van der Waals surface area contributed by atoms with Crippen molar-refractivity contribution in [3.05, 3.63) is 78.3 Å². The molecular formula is C62H86N10O10. The number of aromatic nitrogens is 5. The molecule has 0 radical (unpaired) electrons. The maximum Gasteiger partial charge on any atom is 0.308 e. The fourth-order valence-corrected chi connectivity index (χ4v) is 12.2. The third-order valence-corrected chi connectivity index (χ3v) is 16.9. The second-order valence-electron chi connectivity index (χ2n) is 22.5. The Labute approximate surface area is 482 Å². The van der Waals surface area contributed by atoms with Crippen molar-refractivity contribution < 1.29 is 47.3 Å². The molecule has 444 valence electrons. The number of hydrogen-bond donors (Lipinski definition) is 3. The van der Waals surface area contributed by atoms with Crippen LogP contribution in [0.3, 0.4) is 0 Å². The number of hydrogen-bond acceptors (Lipinski definition) is 15. The summed E-state index contributed by atoms with van der Waals surface area (Å²) in [6, 6.07) is 14.7. The summed E-state index contributed by atoms with van der Waals surface area (Å²) in [5.41, 5.74) is 3.80. The predicted octanol–water partition coefficient (Wildman–Crippen LogP) is 9.49. The lowest BCUT2D eigenvalue weighted by molar-refractivity contribution is -0.153. The smallest absolute Gasteiger partial charge is 0.308 e. The highest BCUT2D eigenvalue weighted by atomic mass is 16.5. The Morgan fingerprint density at radius 3 is 1.44 bits per heavy atom. The molecule has 3 N–H and O–H groups in total. The van der Waals surface area contributed by atoms with Crippen LogP contribution in [-0.4, -0.2) is 144 Å². The summed E-state index contributed by atoms with van der Waals surface area (Å²) in [6.07, 6.45) is 23.5. The molecule has 0 spiro atoms. The van der Waals surface area contributed by atoms with Crippen LogP contribution in [0.2, 0.25) is 0 Å². The van der Waals surface area contributed by atoms with Crippen LogP contribution in [0.25, 0.3) is 22.5 Å². The molecule has 3 saturated carbocycles. The van der Waals surface area contributed by atoms with Crippen LogP contribution in [0.5, 0.6) is 23.0 Å². The number of nitrogens with one attached hydrogen (secondary N) is 3. The molecule has 5 aliphatic rings. The van der Waals surface area contributed by atoms with E-state index in [4.69, 9.17) is 38.3 Å². The van der Waals surface area contributed by atoms with Gasteiger partial charge in [-0.25, -0.2) is 4.98 Å². The summed E-state index contributed by atoms with van der Waals surface area (Å²) >= 11 is 0. The molecule has 2 atom stereocenters. The fraction of sp³-hybridized carbons (Fsp3) is 0.597. The Morgan fingerprint density at radius 1 is 0.585 bits per heavy atom. The van der Waals surface area contributed by atoms with Gasteiger partial charge in [-0.05, 0) is 146 Å². The summed E-state index contributed by atoms with van der Waals surface area (Å²) in [5.74, 6) is 2.11. The highest BCUT2D eigenvalue weighted by Gasteiger charge is 2.32.